The SMILES string of the molecule is Cc1nn2cc([C@H](C)Nc3ncnc(N)c3C#N)c(-c3cc[nH]n3)nc2c1Cl. The number of fused-ring (bicyclic) bond motifs is 1. The van der Waals surface area contributed by atoms with Gasteiger partial charge in [0.1, 0.15) is 40.3 Å². The molecule has 0 aliphatic carbocycles. The molecule has 11 heteroatoms. The summed E-state index contributed by atoms with van der Waals surface area (Å²) in [5.41, 5.74) is 9.26. The van der Waals surface area contributed by atoms with Gasteiger partial charge in [-0.25, -0.2) is 19.5 Å². The Hall–Kier alpha value is -3.71. The second-order valence-electron chi connectivity index (χ2n) is 6.13. The Morgan fingerprint density at radius 2 is 2.21 bits per heavy atom. The largest absolute Gasteiger partial charge is 0.382 e. The van der Waals surface area contributed by atoms with Crippen molar-refractivity contribution < 1.29 is 0 Å². The predicted octanol–water partition coefficient (Wildman–Crippen LogP) is 2.50. The number of nitrogen functional groups attached to an aromatic ring is 1. The molecule has 28 heavy (non-hydrogen) atoms. The number of nitrogens with one attached hydrogen (secondary N) is 2. The minimum Gasteiger partial charge on any atom is -0.382 e. The lowest BCUT2D eigenvalue weighted by Gasteiger charge is -2.18. The van der Waals surface area contributed by atoms with Gasteiger partial charge in [-0.05, 0) is 19.9 Å². The Kier molecular flexibility index (Phi) is 4.29. The molecule has 140 valence electrons. The molecule has 0 bridgehead atoms. The standard InChI is InChI=1S/C17H15ClN10/c1-8(24-16-10(5-19)15(20)21-7-22-16)11-6-28-17(13(18)9(2)27-28)25-14(11)12-3-4-23-26-12/h3-4,6-8H,1-2H3,(H,23,26)(H3,20,21,22,24)/t8-/m0/s1. The maximum absolute atomic E-state index is 9.36. The highest BCUT2D eigenvalue weighted by atomic mass is 35.5. The number of H-pyrrole nitrogens is 1. The number of nitrogens with zero attached hydrogens (tertiary/aromatic N) is 7. The number of aromatic nitrogens is 7. The Bertz CT molecular complexity index is 1210. The molecule has 10 nitrogen and oxygen atoms in total. The molecule has 0 aliphatic heterocycles. The Morgan fingerprint density at radius 3 is 2.93 bits per heavy atom. The maximum atomic E-state index is 9.36. The van der Waals surface area contributed by atoms with E-state index in [1.165, 1.54) is 6.33 Å². The Balaban J connectivity index is 1.84. The normalized spacial score (nSPS) is 12.1. The van der Waals surface area contributed by atoms with Gasteiger partial charge in [0.05, 0.1) is 17.4 Å². The first-order valence-electron chi connectivity index (χ1n) is 8.32. The molecule has 4 aromatic rings. The monoisotopic (exact) mass is 394 g/mol. The topological polar surface area (TPSA) is 146 Å². The number of aromatic amines is 1. The van der Waals surface area contributed by atoms with Gasteiger partial charge in [-0.1, -0.05) is 11.6 Å². The van der Waals surface area contributed by atoms with E-state index in [4.69, 9.17) is 17.3 Å². The van der Waals surface area contributed by atoms with Crippen LogP contribution >= 0.6 is 11.6 Å². The molecule has 0 aromatic carbocycles. The molecule has 0 unspecified atom stereocenters. The number of nitriles is 1. The van der Waals surface area contributed by atoms with E-state index >= 15 is 0 Å². The third kappa shape index (κ3) is 2.87. The lowest BCUT2D eigenvalue weighted by atomic mass is 10.1. The van der Waals surface area contributed by atoms with Gasteiger partial charge in [-0.15, -0.1) is 0 Å². The minimum absolute atomic E-state index is 0.114. The third-order valence-electron chi connectivity index (χ3n) is 4.29. The summed E-state index contributed by atoms with van der Waals surface area (Å²) < 4.78 is 1.63. The first kappa shape index (κ1) is 17.7. The van der Waals surface area contributed by atoms with Crippen molar-refractivity contribution in [2.75, 3.05) is 11.1 Å². The van der Waals surface area contributed by atoms with Gasteiger partial charge in [0.15, 0.2) is 5.65 Å². The molecule has 4 rings (SSSR count). The van der Waals surface area contributed by atoms with Gasteiger partial charge >= 0.3 is 0 Å². The zero-order valence-corrected chi connectivity index (χ0v) is 15.7. The first-order chi connectivity index (χ1) is 13.5. The molecule has 0 fully saturated rings. The molecule has 4 heterocycles. The summed E-state index contributed by atoms with van der Waals surface area (Å²) in [6.45, 7) is 3.73. The van der Waals surface area contributed by atoms with Crippen molar-refractivity contribution in [2.24, 2.45) is 0 Å². The van der Waals surface area contributed by atoms with Crippen molar-refractivity contribution in [1.29, 1.82) is 5.26 Å². The fourth-order valence-electron chi connectivity index (χ4n) is 2.88. The van der Waals surface area contributed by atoms with Crippen molar-refractivity contribution in [3.8, 4) is 17.5 Å². The van der Waals surface area contributed by atoms with Crippen LogP contribution in [0.1, 0.15) is 29.8 Å². The van der Waals surface area contributed by atoms with Crippen molar-refractivity contribution in [3.05, 3.63) is 46.6 Å². The van der Waals surface area contributed by atoms with Crippen LogP contribution in [0.3, 0.4) is 0 Å². The summed E-state index contributed by atoms with van der Waals surface area (Å²) in [6.07, 6.45) is 4.85. The molecule has 0 saturated heterocycles. The van der Waals surface area contributed by atoms with Crippen molar-refractivity contribution in [1.82, 2.24) is 34.8 Å². The van der Waals surface area contributed by atoms with Crippen molar-refractivity contribution in [2.45, 2.75) is 19.9 Å². The lowest BCUT2D eigenvalue weighted by molar-refractivity contribution is 0.824. The van der Waals surface area contributed by atoms with Gasteiger partial charge in [0.25, 0.3) is 0 Å². The summed E-state index contributed by atoms with van der Waals surface area (Å²) >= 11 is 6.34. The van der Waals surface area contributed by atoms with Crippen molar-refractivity contribution >= 4 is 28.9 Å². The molecular formula is C17H15ClN10. The molecule has 0 aliphatic rings. The highest BCUT2D eigenvalue weighted by Crippen LogP contribution is 2.31. The predicted molar refractivity (Wildman–Crippen MR) is 104 cm³/mol. The number of aryl methyl sites for hydroxylation is 1. The summed E-state index contributed by atoms with van der Waals surface area (Å²) in [7, 11) is 0. The van der Waals surface area contributed by atoms with E-state index in [1.807, 2.05) is 32.2 Å². The van der Waals surface area contributed by atoms with Gasteiger partial charge in [-0.2, -0.15) is 15.5 Å². The molecule has 0 spiro atoms. The van der Waals surface area contributed by atoms with E-state index in [0.717, 1.165) is 5.56 Å². The van der Waals surface area contributed by atoms with E-state index in [0.29, 0.717) is 33.6 Å². The highest BCUT2D eigenvalue weighted by molar-refractivity contribution is 6.34. The molecule has 0 saturated carbocycles. The second-order valence-corrected chi connectivity index (χ2v) is 6.51. The fourth-order valence-corrected chi connectivity index (χ4v) is 3.05. The van der Waals surface area contributed by atoms with Crippen LogP contribution in [0.2, 0.25) is 5.02 Å². The van der Waals surface area contributed by atoms with Crippen LogP contribution in [-0.2, 0) is 0 Å². The first-order valence-corrected chi connectivity index (χ1v) is 8.70. The van der Waals surface area contributed by atoms with Crippen molar-refractivity contribution in [3.63, 3.8) is 0 Å². The number of hydrogen-bond donors (Lipinski definition) is 3. The number of halogens is 1. The Labute approximate surface area is 164 Å². The zero-order valence-electron chi connectivity index (χ0n) is 15.0. The molecule has 0 amide bonds. The number of anilines is 2. The minimum atomic E-state index is -0.298. The van der Waals surface area contributed by atoms with Gasteiger partial charge in [0.2, 0.25) is 0 Å². The summed E-state index contributed by atoms with van der Waals surface area (Å²) in [5, 5.41) is 24.5. The van der Waals surface area contributed by atoms with E-state index in [1.54, 1.807) is 10.7 Å². The van der Waals surface area contributed by atoms with Crippen LogP contribution in [0.15, 0.2) is 24.8 Å². The average Bonchev–Trinajstić information content (AvgIpc) is 3.30. The van der Waals surface area contributed by atoms with Gasteiger partial charge < -0.3 is 11.1 Å². The number of nitrogens with two attached hydrogens (primary N) is 1. The smallest absolute Gasteiger partial charge is 0.174 e. The summed E-state index contributed by atoms with van der Waals surface area (Å²) in [5.74, 6) is 0.452. The van der Waals surface area contributed by atoms with E-state index in [2.05, 4.69) is 35.6 Å². The molecular weight excluding hydrogens is 380 g/mol. The maximum Gasteiger partial charge on any atom is 0.174 e. The van der Waals surface area contributed by atoms with Crippen LogP contribution in [0.4, 0.5) is 11.6 Å². The summed E-state index contributed by atoms with van der Waals surface area (Å²) in [6, 6.07) is 3.54. The fraction of sp³-hybridized carbons (Fsp3) is 0.176. The lowest BCUT2D eigenvalue weighted by Crippen LogP contribution is -2.14. The van der Waals surface area contributed by atoms with Crippen LogP contribution in [-0.4, -0.2) is 34.8 Å². The van der Waals surface area contributed by atoms with Crippen LogP contribution < -0.4 is 11.1 Å². The molecule has 4 N–H and O–H groups in total. The molecule has 4 aromatic heterocycles. The van der Waals surface area contributed by atoms with Gasteiger partial charge in [-0.3, -0.25) is 5.10 Å². The van der Waals surface area contributed by atoms with E-state index in [-0.39, 0.29) is 17.4 Å². The molecule has 0 radical (unpaired) electrons. The number of hydrogen-bond acceptors (Lipinski definition) is 8. The Morgan fingerprint density at radius 1 is 1.39 bits per heavy atom. The third-order valence-corrected chi connectivity index (χ3v) is 4.74. The second kappa shape index (κ2) is 6.79. The van der Waals surface area contributed by atoms with Gasteiger partial charge in [0, 0.05) is 18.0 Å². The van der Waals surface area contributed by atoms with Crippen LogP contribution in [0.5, 0.6) is 0 Å². The zero-order chi connectivity index (χ0) is 19.8. The quantitative estimate of drug-likeness (QED) is 0.478. The van der Waals surface area contributed by atoms with Crippen LogP contribution in [0, 0.1) is 18.3 Å². The highest BCUT2D eigenvalue weighted by Gasteiger charge is 2.21. The van der Waals surface area contributed by atoms with E-state index in [9.17, 15) is 5.26 Å². The summed E-state index contributed by atoms with van der Waals surface area (Å²) in [4.78, 5) is 12.7. The van der Waals surface area contributed by atoms with E-state index < -0.39 is 0 Å². The average molecular weight is 395 g/mol. The molecule has 1 atom stereocenters. The van der Waals surface area contributed by atoms with Crippen LogP contribution in [0.25, 0.3) is 17.0 Å². The number of rotatable bonds is 4.